The van der Waals surface area contributed by atoms with Gasteiger partial charge in [-0.15, -0.1) is 0 Å². The van der Waals surface area contributed by atoms with E-state index in [1.54, 1.807) is 11.8 Å². The Labute approximate surface area is 118 Å². The number of amides is 3. The van der Waals surface area contributed by atoms with Crippen molar-refractivity contribution in [2.45, 2.75) is 45.1 Å². The van der Waals surface area contributed by atoms with Crippen molar-refractivity contribution in [3.05, 3.63) is 0 Å². The second-order valence-electron chi connectivity index (χ2n) is 5.21. The number of rotatable bonds is 6. The summed E-state index contributed by atoms with van der Waals surface area (Å²) < 4.78 is 0. The molecule has 0 bridgehead atoms. The maximum Gasteiger partial charge on any atom is 0.329 e. The van der Waals surface area contributed by atoms with Gasteiger partial charge in [-0.1, -0.05) is 6.92 Å². The van der Waals surface area contributed by atoms with Crippen LogP contribution in [0.3, 0.4) is 0 Å². The minimum atomic E-state index is -1.29. The predicted octanol–water partition coefficient (Wildman–Crippen LogP) is 0.551. The summed E-state index contributed by atoms with van der Waals surface area (Å²) in [4.78, 5) is 36.2. The van der Waals surface area contributed by atoms with Crippen LogP contribution in [0.15, 0.2) is 0 Å². The number of carboxylic acid groups (broad SMARTS) is 1. The summed E-state index contributed by atoms with van der Waals surface area (Å²) in [6.45, 7) is 4.92. The first-order valence-corrected chi connectivity index (χ1v) is 6.96. The van der Waals surface area contributed by atoms with Gasteiger partial charge in [0, 0.05) is 26.1 Å². The standard InChI is InChI=1S/C13H23N3O4/c1-3-13(2,11(18)19)15-12(20)14-7-6-10(17)16-8-4-5-9-16/h3-9H2,1-2H3,(H,18,19)(H2,14,15,20). The molecule has 1 heterocycles. The van der Waals surface area contributed by atoms with E-state index in [0.717, 1.165) is 25.9 Å². The third kappa shape index (κ3) is 4.40. The number of carbonyl (C=O) groups excluding carboxylic acids is 2. The van der Waals surface area contributed by atoms with Crippen LogP contribution in [0.5, 0.6) is 0 Å². The van der Waals surface area contributed by atoms with Crippen LogP contribution in [-0.4, -0.2) is 53.1 Å². The van der Waals surface area contributed by atoms with Crippen LogP contribution in [0.25, 0.3) is 0 Å². The summed E-state index contributed by atoms with van der Waals surface area (Å²) in [5.74, 6) is -1.05. The smallest absolute Gasteiger partial charge is 0.329 e. The molecule has 0 saturated carbocycles. The SMILES string of the molecule is CCC(C)(NC(=O)NCCC(=O)N1CCCC1)C(=O)O. The molecular weight excluding hydrogens is 262 g/mol. The molecule has 0 radical (unpaired) electrons. The monoisotopic (exact) mass is 285 g/mol. The first kappa shape index (κ1) is 16.3. The van der Waals surface area contributed by atoms with Gasteiger partial charge in [0.25, 0.3) is 0 Å². The topological polar surface area (TPSA) is 98.7 Å². The summed E-state index contributed by atoms with van der Waals surface area (Å²) in [6.07, 6.45) is 2.59. The van der Waals surface area contributed by atoms with Crippen LogP contribution in [-0.2, 0) is 9.59 Å². The average molecular weight is 285 g/mol. The van der Waals surface area contributed by atoms with Crippen molar-refractivity contribution in [3.8, 4) is 0 Å². The number of carbonyl (C=O) groups is 3. The molecule has 1 aliphatic heterocycles. The summed E-state index contributed by atoms with van der Waals surface area (Å²) in [7, 11) is 0. The second-order valence-corrected chi connectivity index (χ2v) is 5.21. The fraction of sp³-hybridized carbons (Fsp3) is 0.769. The van der Waals surface area contributed by atoms with Crippen molar-refractivity contribution in [2.75, 3.05) is 19.6 Å². The van der Waals surface area contributed by atoms with E-state index < -0.39 is 17.5 Å². The van der Waals surface area contributed by atoms with E-state index in [9.17, 15) is 14.4 Å². The van der Waals surface area contributed by atoms with Crippen LogP contribution in [0.2, 0.25) is 0 Å². The van der Waals surface area contributed by atoms with Crippen LogP contribution in [0, 0.1) is 0 Å². The average Bonchev–Trinajstić information content (AvgIpc) is 2.92. The lowest BCUT2D eigenvalue weighted by Gasteiger charge is -2.24. The van der Waals surface area contributed by atoms with Crippen molar-refractivity contribution >= 4 is 17.9 Å². The molecule has 0 spiro atoms. The molecule has 0 aromatic carbocycles. The Kier molecular flexibility index (Phi) is 5.79. The number of carboxylic acids is 1. The van der Waals surface area contributed by atoms with Crippen molar-refractivity contribution in [1.82, 2.24) is 15.5 Å². The van der Waals surface area contributed by atoms with Crippen LogP contribution < -0.4 is 10.6 Å². The summed E-state index contributed by atoms with van der Waals surface area (Å²) in [6, 6.07) is -0.564. The molecule has 1 fully saturated rings. The predicted molar refractivity (Wildman–Crippen MR) is 73.3 cm³/mol. The fourth-order valence-electron chi connectivity index (χ4n) is 2.00. The van der Waals surface area contributed by atoms with Gasteiger partial charge >= 0.3 is 12.0 Å². The molecule has 0 aromatic heterocycles. The molecule has 0 aliphatic carbocycles. The molecule has 1 atom stereocenters. The fourth-order valence-corrected chi connectivity index (χ4v) is 2.00. The molecule has 1 saturated heterocycles. The summed E-state index contributed by atoms with van der Waals surface area (Å²) in [5, 5.41) is 14.0. The Morgan fingerprint density at radius 1 is 1.25 bits per heavy atom. The Hall–Kier alpha value is -1.79. The first-order chi connectivity index (χ1) is 9.39. The van der Waals surface area contributed by atoms with Gasteiger partial charge in [0.15, 0.2) is 0 Å². The van der Waals surface area contributed by atoms with Crippen molar-refractivity contribution in [1.29, 1.82) is 0 Å². The van der Waals surface area contributed by atoms with Gasteiger partial charge < -0.3 is 20.6 Å². The Morgan fingerprint density at radius 2 is 1.85 bits per heavy atom. The number of nitrogens with zero attached hydrogens (tertiary/aromatic N) is 1. The minimum Gasteiger partial charge on any atom is -0.480 e. The molecule has 0 aromatic rings. The molecule has 20 heavy (non-hydrogen) atoms. The van der Waals surface area contributed by atoms with Crippen molar-refractivity contribution in [2.24, 2.45) is 0 Å². The zero-order chi connectivity index (χ0) is 15.2. The third-order valence-electron chi connectivity index (χ3n) is 3.65. The lowest BCUT2D eigenvalue weighted by molar-refractivity contribution is -0.143. The highest BCUT2D eigenvalue weighted by Gasteiger charge is 2.32. The number of urea groups is 1. The molecular formula is C13H23N3O4. The van der Waals surface area contributed by atoms with E-state index >= 15 is 0 Å². The number of hydrogen-bond donors (Lipinski definition) is 3. The first-order valence-electron chi connectivity index (χ1n) is 6.96. The quantitative estimate of drug-likeness (QED) is 0.663. The van der Waals surface area contributed by atoms with E-state index in [1.165, 1.54) is 6.92 Å². The van der Waals surface area contributed by atoms with E-state index in [-0.39, 0.29) is 25.3 Å². The van der Waals surface area contributed by atoms with E-state index in [1.807, 2.05) is 0 Å². The maximum atomic E-state index is 11.7. The van der Waals surface area contributed by atoms with Crippen LogP contribution >= 0.6 is 0 Å². The summed E-state index contributed by atoms with van der Waals surface area (Å²) in [5.41, 5.74) is -1.29. The molecule has 1 aliphatic rings. The van der Waals surface area contributed by atoms with Crippen LogP contribution in [0.4, 0.5) is 4.79 Å². The highest BCUT2D eigenvalue weighted by Crippen LogP contribution is 2.09. The number of aliphatic carboxylic acids is 1. The summed E-state index contributed by atoms with van der Waals surface area (Å²) >= 11 is 0. The van der Waals surface area contributed by atoms with E-state index in [2.05, 4.69) is 10.6 Å². The Bertz CT molecular complexity index is 380. The Balaban J connectivity index is 2.29. The van der Waals surface area contributed by atoms with Gasteiger partial charge in [0.2, 0.25) is 5.91 Å². The van der Waals surface area contributed by atoms with Gasteiger partial charge in [0.1, 0.15) is 5.54 Å². The van der Waals surface area contributed by atoms with E-state index in [0.29, 0.717) is 0 Å². The van der Waals surface area contributed by atoms with Crippen molar-refractivity contribution < 1.29 is 19.5 Å². The molecule has 7 nitrogen and oxygen atoms in total. The molecule has 1 unspecified atom stereocenters. The maximum absolute atomic E-state index is 11.7. The third-order valence-corrected chi connectivity index (χ3v) is 3.65. The van der Waals surface area contributed by atoms with Gasteiger partial charge in [-0.05, 0) is 26.2 Å². The lowest BCUT2D eigenvalue weighted by atomic mass is 10.00. The number of nitrogens with one attached hydrogen (secondary N) is 2. The second kappa shape index (κ2) is 7.12. The van der Waals surface area contributed by atoms with Crippen molar-refractivity contribution in [3.63, 3.8) is 0 Å². The number of hydrogen-bond acceptors (Lipinski definition) is 3. The van der Waals surface area contributed by atoms with Gasteiger partial charge in [0.05, 0.1) is 0 Å². The van der Waals surface area contributed by atoms with Gasteiger partial charge in [-0.2, -0.15) is 0 Å². The van der Waals surface area contributed by atoms with Gasteiger partial charge in [-0.25, -0.2) is 9.59 Å². The zero-order valence-corrected chi connectivity index (χ0v) is 12.1. The van der Waals surface area contributed by atoms with E-state index in [4.69, 9.17) is 5.11 Å². The van der Waals surface area contributed by atoms with Gasteiger partial charge in [-0.3, -0.25) is 4.79 Å². The highest BCUT2D eigenvalue weighted by molar-refractivity contribution is 5.86. The zero-order valence-electron chi connectivity index (χ0n) is 12.1. The van der Waals surface area contributed by atoms with Crippen LogP contribution in [0.1, 0.15) is 39.5 Å². The minimum absolute atomic E-state index is 0.0271. The number of likely N-dealkylation sites (tertiary alicyclic amines) is 1. The highest BCUT2D eigenvalue weighted by atomic mass is 16.4. The molecule has 1 rings (SSSR count). The molecule has 7 heteroatoms. The normalized spacial score (nSPS) is 17.4. The molecule has 3 amide bonds. The molecule has 114 valence electrons. The molecule has 3 N–H and O–H groups in total. The lowest BCUT2D eigenvalue weighted by Crippen LogP contribution is -2.55. The largest absolute Gasteiger partial charge is 0.480 e. The Morgan fingerprint density at radius 3 is 2.35 bits per heavy atom.